The van der Waals surface area contributed by atoms with E-state index in [9.17, 15) is 0 Å². The summed E-state index contributed by atoms with van der Waals surface area (Å²) in [5, 5.41) is 11.5. The van der Waals surface area contributed by atoms with Crippen LogP contribution in [0.25, 0.3) is 0 Å². The van der Waals surface area contributed by atoms with E-state index in [0.717, 1.165) is 50.5 Å². The van der Waals surface area contributed by atoms with Crippen LogP contribution in [0, 0.1) is 0 Å². The van der Waals surface area contributed by atoms with E-state index in [-0.39, 0.29) is 0 Å². The van der Waals surface area contributed by atoms with E-state index in [1.165, 1.54) is 0 Å². The van der Waals surface area contributed by atoms with Gasteiger partial charge in [-0.05, 0) is 25.7 Å². The molecule has 6 heteroatoms. The fraction of sp³-hybridized carbons (Fsp3) is 0.533. The van der Waals surface area contributed by atoms with Crippen LogP contribution in [0.15, 0.2) is 30.6 Å². The fourth-order valence-electron chi connectivity index (χ4n) is 2.02. The van der Waals surface area contributed by atoms with Gasteiger partial charge >= 0.3 is 0 Å². The summed E-state index contributed by atoms with van der Waals surface area (Å²) in [4.78, 5) is 6.63. The Kier molecular flexibility index (Phi) is 6.30. The van der Waals surface area contributed by atoms with Crippen molar-refractivity contribution in [3.8, 4) is 0 Å². The lowest BCUT2D eigenvalue weighted by atomic mass is 10.2. The maximum atomic E-state index is 4.34. The monoisotopic (exact) mass is 288 g/mol. The molecule has 0 bridgehead atoms. The van der Waals surface area contributed by atoms with Gasteiger partial charge in [0, 0.05) is 44.1 Å². The van der Waals surface area contributed by atoms with Crippen LogP contribution >= 0.6 is 0 Å². The van der Waals surface area contributed by atoms with Crippen molar-refractivity contribution in [1.82, 2.24) is 30.2 Å². The lowest BCUT2D eigenvalue weighted by Crippen LogP contribution is -2.26. The van der Waals surface area contributed by atoms with Gasteiger partial charge in [-0.2, -0.15) is 0 Å². The summed E-state index contributed by atoms with van der Waals surface area (Å²) in [5.41, 5.74) is 2.13. The minimum absolute atomic E-state index is 0.784. The molecule has 2 aromatic heterocycles. The SMILES string of the molecule is CCNCc1cn(CCN(C)CCc2ccccn2)nn1. The Bertz CT molecular complexity index is 510. The molecule has 0 aliphatic heterocycles. The normalized spacial score (nSPS) is 11.2. The molecule has 21 heavy (non-hydrogen) atoms. The van der Waals surface area contributed by atoms with E-state index < -0.39 is 0 Å². The third kappa shape index (κ3) is 5.61. The Labute approximate surface area is 126 Å². The second kappa shape index (κ2) is 8.49. The molecule has 0 saturated carbocycles. The Balaban J connectivity index is 1.68. The van der Waals surface area contributed by atoms with Crippen molar-refractivity contribution in [2.24, 2.45) is 0 Å². The van der Waals surface area contributed by atoms with Crippen LogP contribution in [0.5, 0.6) is 0 Å². The van der Waals surface area contributed by atoms with Crippen LogP contribution in [-0.4, -0.2) is 51.6 Å². The number of pyridine rings is 1. The molecule has 0 amide bonds. The van der Waals surface area contributed by atoms with Crippen LogP contribution in [0.2, 0.25) is 0 Å². The maximum Gasteiger partial charge on any atom is 0.0964 e. The third-order valence-corrected chi connectivity index (χ3v) is 3.33. The highest BCUT2D eigenvalue weighted by Crippen LogP contribution is 1.98. The molecule has 6 nitrogen and oxygen atoms in total. The summed E-state index contributed by atoms with van der Waals surface area (Å²) in [6.45, 7) is 6.63. The molecule has 0 fully saturated rings. The van der Waals surface area contributed by atoms with E-state index in [1.807, 2.05) is 29.2 Å². The molecule has 0 aromatic carbocycles. The van der Waals surface area contributed by atoms with Crippen LogP contribution in [0.4, 0.5) is 0 Å². The van der Waals surface area contributed by atoms with Crippen LogP contribution in [0.3, 0.4) is 0 Å². The van der Waals surface area contributed by atoms with Crippen LogP contribution in [0.1, 0.15) is 18.3 Å². The molecule has 0 spiro atoms. The highest BCUT2D eigenvalue weighted by atomic mass is 15.4. The summed E-state index contributed by atoms with van der Waals surface area (Å²) in [5.74, 6) is 0. The Morgan fingerprint density at radius 2 is 2.14 bits per heavy atom. The molecule has 0 radical (unpaired) electrons. The van der Waals surface area contributed by atoms with E-state index >= 15 is 0 Å². The van der Waals surface area contributed by atoms with E-state index in [4.69, 9.17) is 0 Å². The summed E-state index contributed by atoms with van der Waals surface area (Å²) in [6.07, 6.45) is 4.83. The van der Waals surface area contributed by atoms with E-state index in [1.54, 1.807) is 0 Å². The van der Waals surface area contributed by atoms with Crippen molar-refractivity contribution < 1.29 is 0 Å². The zero-order chi connectivity index (χ0) is 14.9. The predicted molar refractivity (Wildman–Crippen MR) is 82.8 cm³/mol. The van der Waals surface area contributed by atoms with Crippen molar-refractivity contribution in [2.45, 2.75) is 26.4 Å². The zero-order valence-electron chi connectivity index (χ0n) is 12.9. The largest absolute Gasteiger partial charge is 0.311 e. The molecular weight excluding hydrogens is 264 g/mol. The second-order valence-electron chi connectivity index (χ2n) is 5.13. The lowest BCUT2D eigenvalue weighted by molar-refractivity contribution is 0.313. The standard InChI is InChI=1S/C15H24N6/c1-3-16-12-15-13-21(19-18-15)11-10-20(2)9-7-14-6-4-5-8-17-14/h4-6,8,13,16H,3,7,9-12H2,1-2H3. The molecule has 2 heterocycles. The van der Waals surface area contributed by atoms with Crippen molar-refractivity contribution >= 4 is 0 Å². The molecule has 0 atom stereocenters. The Morgan fingerprint density at radius 3 is 2.90 bits per heavy atom. The van der Waals surface area contributed by atoms with Crippen LogP contribution in [-0.2, 0) is 19.5 Å². The molecule has 0 aliphatic rings. The van der Waals surface area contributed by atoms with Crippen molar-refractivity contribution in [2.75, 3.05) is 26.7 Å². The van der Waals surface area contributed by atoms with Crippen LogP contribution < -0.4 is 5.32 Å². The quantitative estimate of drug-likeness (QED) is 0.745. The highest BCUT2D eigenvalue weighted by molar-refractivity contribution is 5.03. The van der Waals surface area contributed by atoms with Gasteiger partial charge in [0.1, 0.15) is 0 Å². The molecule has 2 rings (SSSR count). The smallest absolute Gasteiger partial charge is 0.0964 e. The van der Waals surface area contributed by atoms with E-state index in [0.29, 0.717) is 0 Å². The molecule has 2 aromatic rings. The number of rotatable bonds is 9. The number of nitrogens with zero attached hydrogens (tertiary/aromatic N) is 5. The van der Waals surface area contributed by atoms with Gasteiger partial charge in [-0.3, -0.25) is 9.67 Å². The van der Waals surface area contributed by atoms with E-state index in [2.05, 4.69) is 45.6 Å². The second-order valence-corrected chi connectivity index (χ2v) is 5.13. The van der Waals surface area contributed by atoms with Gasteiger partial charge in [-0.15, -0.1) is 5.10 Å². The first kappa shape index (κ1) is 15.6. The van der Waals surface area contributed by atoms with Gasteiger partial charge in [-0.25, -0.2) is 0 Å². The Hall–Kier alpha value is -1.79. The number of likely N-dealkylation sites (N-methyl/N-ethyl adjacent to an activating group) is 1. The minimum Gasteiger partial charge on any atom is -0.311 e. The topological polar surface area (TPSA) is 58.9 Å². The molecule has 0 unspecified atom stereocenters. The number of hydrogen-bond donors (Lipinski definition) is 1. The third-order valence-electron chi connectivity index (χ3n) is 3.33. The summed E-state index contributed by atoms with van der Waals surface area (Å²) in [7, 11) is 2.12. The van der Waals surface area contributed by atoms with Crippen molar-refractivity contribution in [1.29, 1.82) is 0 Å². The minimum atomic E-state index is 0.784. The lowest BCUT2D eigenvalue weighted by Gasteiger charge is -2.15. The highest BCUT2D eigenvalue weighted by Gasteiger charge is 2.03. The van der Waals surface area contributed by atoms with Gasteiger partial charge in [0.2, 0.25) is 0 Å². The van der Waals surface area contributed by atoms with Gasteiger partial charge in [0.05, 0.1) is 12.2 Å². The molecular formula is C15H24N6. The first-order valence-electron chi connectivity index (χ1n) is 7.46. The predicted octanol–water partition coefficient (Wildman–Crippen LogP) is 0.957. The zero-order valence-corrected chi connectivity index (χ0v) is 12.9. The van der Waals surface area contributed by atoms with Gasteiger partial charge < -0.3 is 10.2 Å². The average Bonchev–Trinajstić information content (AvgIpc) is 2.98. The summed E-state index contributed by atoms with van der Waals surface area (Å²) >= 11 is 0. The summed E-state index contributed by atoms with van der Waals surface area (Å²) < 4.78 is 1.91. The molecule has 114 valence electrons. The number of nitrogens with one attached hydrogen (secondary N) is 1. The molecule has 1 N–H and O–H groups in total. The maximum absolute atomic E-state index is 4.34. The summed E-state index contributed by atoms with van der Waals surface area (Å²) in [6, 6.07) is 6.05. The van der Waals surface area contributed by atoms with Gasteiger partial charge in [-0.1, -0.05) is 18.2 Å². The van der Waals surface area contributed by atoms with Gasteiger partial charge in [0.25, 0.3) is 0 Å². The molecule has 0 saturated heterocycles. The number of aromatic nitrogens is 4. The first-order chi connectivity index (χ1) is 10.3. The van der Waals surface area contributed by atoms with Crippen molar-refractivity contribution in [3.63, 3.8) is 0 Å². The number of hydrogen-bond acceptors (Lipinski definition) is 5. The van der Waals surface area contributed by atoms with Gasteiger partial charge in [0.15, 0.2) is 0 Å². The fourth-order valence-corrected chi connectivity index (χ4v) is 2.02. The average molecular weight is 288 g/mol. The first-order valence-corrected chi connectivity index (χ1v) is 7.46. The molecule has 0 aliphatic carbocycles. The van der Waals surface area contributed by atoms with Crippen molar-refractivity contribution in [3.05, 3.63) is 42.0 Å². The Morgan fingerprint density at radius 1 is 1.24 bits per heavy atom.